The fourth-order valence-electron chi connectivity index (χ4n) is 4.78. The van der Waals surface area contributed by atoms with Crippen molar-refractivity contribution in [2.45, 2.75) is 23.8 Å². The largest absolute Gasteiger partial charge is 0.321 e. The Morgan fingerprint density at radius 3 is 2.77 bits per heavy atom. The molecule has 2 aromatic carbocycles. The van der Waals surface area contributed by atoms with Crippen molar-refractivity contribution in [3.63, 3.8) is 0 Å². The van der Waals surface area contributed by atoms with Crippen LogP contribution in [-0.4, -0.2) is 56.3 Å². The summed E-state index contributed by atoms with van der Waals surface area (Å²) in [6.45, 7) is 2.30. The van der Waals surface area contributed by atoms with Crippen molar-refractivity contribution in [1.82, 2.24) is 9.21 Å². The molecule has 4 heterocycles. The van der Waals surface area contributed by atoms with Crippen LogP contribution in [0.15, 0.2) is 35.2 Å². The average Bonchev–Trinajstić information content (AvgIpc) is 2.75. The molecular weight excluding hydrogens is 350 g/mol. The molecule has 2 bridgehead atoms. The number of nitrogens with zero attached hydrogens (tertiary/aromatic N) is 2. The molecule has 2 atom stereocenters. The van der Waals surface area contributed by atoms with Crippen molar-refractivity contribution in [2.75, 3.05) is 32.0 Å². The lowest BCUT2D eigenvalue weighted by Gasteiger charge is -2.35. The normalized spacial score (nSPS) is 26.3. The van der Waals surface area contributed by atoms with E-state index < -0.39 is 10.0 Å². The quantitative estimate of drug-likeness (QED) is 0.878. The van der Waals surface area contributed by atoms with Crippen LogP contribution in [0.4, 0.5) is 5.69 Å². The second kappa shape index (κ2) is 5.52. The van der Waals surface area contributed by atoms with E-state index in [0.29, 0.717) is 34.0 Å². The van der Waals surface area contributed by atoms with Gasteiger partial charge in [-0.2, -0.15) is 4.31 Å². The van der Waals surface area contributed by atoms with Crippen LogP contribution in [0, 0.1) is 5.92 Å². The first-order chi connectivity index (χ1) is 12.4. The summed E-state index contributed by atoms with van der Waals surface area (Å²) in [5, 5.41) is 4.17. The molecule has 0 aliphatic carbocycles. The Morgan fingerprint density at radius 2 is 1.92 bits per heavy atom. The van der Waals surface area contributed by atoms with E-state index in [9.17, 15) is 13.2 Å². The third-order valence-electron chi connectivity index (χ3n) is 5.93. The average molecular weight is 371 g/mol. The van der Waals surface area contributed by atoms with Gasteiger partial charge in [-0.3, -0.25) is 4.79 Å². The Balaban J connectivity index is 1.66. The minimum absolute atomic E-state index is 0.0199. The number of nitrogens with one attached hydrogen (secondary N) is 1. The summed E-state index contributed by atoms with van der Waals surface area (Å²) in [5.74, 6) is 0.212. The SMILES string of the molecule is CN1C[C@H]2CC[C@@H](C1)N(S(=O)(=O)c1ccc3c4c(cccc14)C(=O)N3)C2. The van der Waals surface area contributed by atoms with E-state index in [1.807, 2.05) is 0 Å². The van der Waals surface area contributed by atoms with Gasteiger partial charge in [0.2, 0.25) is 10.0 Å². The predicted molar refractivity (Wildman–Crippen MR) is 99.8 cm³/mol. The molecule has 6 nitrogen and oxygen atoms in total. The summed E-state index contributed by atoms with van der Waals surface area (Å²) in [4.78, 5) is 14.7. The van der Waals surface area contributed by atoms with E-state index in [1.165, 1.54) is 0 Å². The van der Waals surface area contributed by atoms with Crippen LogP contribution >= 0.6 is 0 Å². The van der Waals surface area contributed by atoms with Crippen LogP contribution in [-0.2, 0) is 10.0 Å². The molecule has 2 aromatic rings. The highest BCUT2D eigenvalue weighted by molar-refractivity contribution is 7.89. The van der Waals surface area contributed by atoms with Crippen LogP contribution in [0.2, 0.25) is 0 Å². The zero-order valence-electron chi connectivity index (χ0n) is 14.6. The standard InChI is InChI=1S/C19H21N3O3S/c1-21-9-12-5-6-13(11-21)22(10-12)26(24,25)17-8-7-16-18-14(17)3-2-4-15(18)19(23)20-16/h2-4,7-8,12-13H,5-6,9-11H2,1H3,(H,20,23)/t12-,13+/m1/s1. The Hall–Kier alpha value is -1.96. The monoisotopic (exact) mass is 371 g/mol. The molecule has 26 heavy (non-hydrogen) atoms. The molecule has 0 spiro atoms. The Morgan fingerprint density at radius 1 is 1.08 bits per heavy atom. The number of hydrogen-bond donors (Lipinski definition) is 1. The van der Waals surface area contributed by atoms with Gasteiger partial charge in [0.05, 0.1) is 4.90 Å². The Kier molecular flexibility index (Phi) is 3.44. The minimum Gasteiger partial charge on any atom is -0.321 e. The summed E-state index contributed by atoms with van der Waals surface area (Å²) in [5.41, 5.74) is 1.24. The number of benzene rings is 2. The zero-order chi connectivity index (χ0) is 18.1. The Labute approximate surface area is 152 Å². The third-order valence-corrected chi connectivity index (χ3v) is 7.90. The molecule has 6 rings (SSSR count). The zero-order valence-corrected chi connectivity index (χ0v) is 15.4. The lowest BCUT2D eigenvalue weighted by Crippen LogP contribution is -2.47. The molecular formula is C19H21N3O3S. The molecule has 0 saturated carbocycles. The molecule has 136 valence electrons. The summed E-state index contributed by atoms with van der Waals surface area (Å²) in [7, 11) is -1.55. The summed E-state index contributed by atoms with van der Waals surface area (Å²) in [6.07, 6.45) is 2.00. The number of rotatable bonds is 2. The number of carbonyl (C=O) groups is 1. The molecule has 1 N–H and O–H groups in total. The summed E-state index contributed by atoms with van der Waals surface area (Å²) >= 11 is 0. The van der Waals surface area contributed by atoms with Crippen molar-refractivity contribution in [2.24, 2.45) is 5.92 Å². The maximum atomic E-state index is 13.6. The van der Waals surface area contributed by atoms with Gasteiger partial charge < -0.3 is 10.2 Å². The highest BCUT2D eigenvalue weighted by Crippen LogP contribution is 2.39. The van der Waals surface area contributed by atoms with Gasteiger partial charge in [0.1, 0.15) is 0 Å². The van der Waals surface area contributed by atoms with E-state index in [4.69, 9.17) is 0 Å². The molecule has 4 aliphatic rings. The van der Waals surface area contributed by atoms with Gasteiger partial charge in [-0.25, -0.2) is 8.42 Å². The van der Waals surface area contributed by atoms with Gasteiger partial charge in [-0.1, -0.05) is 12.1 Å². The van der Waals surface area contributed by atoms with E-state index in [0.717, 1.165) is 31.3 Å². The second-order valence-corrected chi connectivity index (χ2v) is 9.55. The van der Waals surface area contributed by atoms with Crippen molar-refractivity contribution >= 4 is 32.4 Å². The van der Waals surface area contributed by atoms with Crippen LogP contribution < -0.4 is 5.32 Å². The van der Waals surface area contributed by atoms with E-state index >= 15 is 0 Å². The molecule has 3 fully saturated rings. The molecule has 0 aromatic heterocycles. The fourth-order valence-corrected chi connectivity index (χ4v) is 6.69. The number of piperidine rings is 1. The van der Waals surface area contributed by atoms with Gasteiger partial charge >= 0.3 is 0 Å². The molecule has 7 heteroatoms. The lowest BCUT2D eigenvalue weighted by molar-refractivity contribution is 0.103. The first kappa shape index (κ1) is 16.2. The predicted octanol–water partition coefficient (Wildman–Crippen LogP) is 2.12. The first-order valence-electron chi connectivity index (χ1n) is 9.02. The summed E-state index contributed by atoms with van der Waals surface area (Å²) in [6, 6.07) is 8.68. The second-order valence-electron chi connectivity index (χ2n) is 7.69. The number of carbonyl (C=O) groups excluding carboxylic acids is 1. The number of sulfonamides is 1. The highest BCUT2D eigenvalue weighted by Gasteiger charge is 2.41. The number of likely N-dealkylation sites (N-methyl/N-ethyl adjacent to an activating group) is 1. The van der Waals surface area contributed by atoms with E-state index in [1.54, 1.807) is 34.6 Å². The maximum absolute atomic E-state index is 13.6. The molecule has 0 radical (unpaired) electrons. The number of fused-ring (bicyclic) bond motifs is 4. The number of amides is 1. The van der Waals surface area contributed by atoms with Crippen molar-refractivity contribution in [3.05, 3.63) is 35.9 Å². The van der Waals surface area contributed by atoms with E-state index in [2.05, 4.69) is 17.3 Å². The third kappa shape index (κ3) is 2.24. The van der Waals surface area contributed by atoms with E-state index in [-0.39, 0.29) is 11.9 Å². The fraction of sp³-hybridized carbons (Fsp3) is 0.421. The highest BCUT2D eigenvalue weighted by atomic mass is 32.2. The van der Waals surface area contributed by atoms with Gasteiger partial charge in [-0.15, -0.1) is 0 Å². The first-order valence-corrected chi connectivity index (χ1v) is 10.5. The molecule has 0 unspecified atom stereocenters. The maximum Gasteiger partial charge on any atom is 0.256 e. The molecule has 1 amide bonds. The van der Waals surface area contributed by atoms with Crippen molar-refractivity contribution in [3.8, 4) is 0 Å². The molecule has 4 aliphatic heterocycles. The van der Waals surface area contributed by atoms with Crippen molar-refractivity contribution < 1.29 is 13.2 Å². The van der Waals surface area contributed by atoms with Gasteiger partial charge in [0, 0.05) is 47.7 Å². The smallest absolute Gasteiger partial charge is 0.256 e. The summed E-state index contributed by atoms with van der Waals surface area (Å²) < 4.78 is 28.9. The topological polar surface area (TPSA) is 69.7 Å². The van der Waals surface area contributed by atoms with Crippen LogP contribution in [0.1, 0.15) is 23.2 Å². The van der Waals surface area contributed by atoms with Gasteiger partial charge in [0.15, 0.2) is 0 Å². The Bertz CT molecular complexity index is 1030. The lowest BCUT2D eigenvalue weighted by atomic mass is 9.97. The van der Waals surface area contributed by atoms with Crippen LogP contribution in [0.5, 0.6) is 0 Å². The van der Waals surface area contributed by atoms with Crippen molar-refractivity contribution in [1.29, 1.82) is 0 Å². The van der Waals surface area contributed by atoms with Gasteiger partial charge in [0.25, 0.3) is 5.91 Å². The number of hydrogen-bond acceptors (Lipinski definition) is 4. The number of anilines is 1. The van der Waals surface area contributed by atoms with Gasteiger partial charge in [-0.05, 0) is 44.0 Å². The van der Waals surface area contributed by atoms with Crippen LogP contribution in [0.3, 0.4) is 0 Å². The minimum atomic E-state index is -3.62. The van der Waals surface area contributed by atoms with Crippen LogP contribution in [0.25, 0.3) is 10.8 Å². The molecule has 3 saturated heterocycles.